The highest BCUT2D eigenvalue weighted by Gasteiger charge is 2.28. The first-order valence-electron chi connectivity index (χ1n) is 9.50. The van der Waals surface area contributed by atoms with Crippen LogP contribution in [0.1, 0.15) is 52.4 Å². The third-order valence-electron chi connectivity index (χ3n) is 4.32. The number of aromatic amines is 1. The van der Waals surface area contributed by atoms with Gasteiger partial charge in [0.05, 0.1) is 23.5 Å². The van der Waals surface area contributed by atoms with Gasteiger partial charge in [0.25, 0.3) is 0 Å². The Morgan fingerprint density at radius 3 is 2.32 bits per heavy atom. The number of nitrogens with one attached hydrogen (secondary N) is 3. The van der Waals surface area contributed by atoms with Gasteiger partial charge in [-0.2, -0.15) is 0 Å². The lowest BCUT2D eigenvalue weighted by molar-refractivity contribution is -0.132. The number of benzene rings is 1. The van der Waals surface area contributed by atoms with E-state index < -0.39 is 23.9 Å². The first-order valence-corrected chi connectivity index (χ1v) is 9.50. The summed E-state index contributed by atoms with van der Waals surface area (Å²) < 4.78 is 0. The summed E-state index contributed by atoms with van der Waals surface area (Å²) >= 11 is 0. The van der Waals surface area contributed by atoms with E-state index in [-0.39, 0.29) is 30.6 Å². The van der Waals surface area contributed by atoms with Crippen molar-refractivity contribution in [1.29, 1.82) is 0 Å². The molecule has 2 atom stereocenters. The lowest BCUT2D eigenvalue weighted by Gasteiger charge is -2.24. The second-order valence-corrected chi connectivity index (χ2v) is 7.76. The number of carbonyl (C=O) groups excluding carboxylic acids is 3. The normalized spacial score (nSPS) is 13.5. The summed E-state index contributed by atoms with van der Waals surface area (Å²) in [4.78, 5) is 44.1. The molecular formula is C20H29N5O3. The Hall–Kier alpha value is -2.90. The fraction of sp³-hybridized carbons (Fsp3) is 0.500. The largest absolute Gasteiger partial charge is 0.370 e. The summed E-state index contributed by atoms with van der Waals surface area (Å²) in [5.74, 6) is -0.622. The fourth-order valence-electron chi connectivity index (χ4n) is 2.96. The summed E-state index contributed by atoms with van der Waals surface area (Å²) in [6.07, 6.45) is 0.000336. The number of imidazole rings is 1. The van der Waals surface area contributed by atoms with Gasteiger partial charge in [0.2, 0.25) is 17.7 Å². The van der Waals surface area contributed by atoms with E-state index in [9.17, 15) is 14.4 Å². The van der Waals surface area contributed by atoms with Crippen LogP contribution < -0.4 is 16.4 Å². The Balaban J connectivity index is 2.19. The minimum absolute atomic E-state index is 0.0325. The highest BCUT2D eigenvalue weighted by molar-refractivity contribution is 5.92. The summed E-state index contributed by atoms with van der Waals surface area (Å²) in [6, 6.07) is 6.17. The molecule has 5 N–H and O–H groups in total. The molecule has 28 heavy (non-hydrogen) atoms. The molecular weight excluding hydrogens is 358 g/mol. The Bertz CT molecular complexity index is 810. The van der Waals surface area contributed by atoms with Crippen molar-refractivity contribution in [2.45, 2.75) is 52.6 Å². The van der Waals surface area contributed by atoms with Crippen LogP contribution >= 0.6 is 0 Å². The number of hydrogen-bond acceptors (Lipinski definition) is 4. The molecule has 0 radical (unpaired) electrons. The minimum atomic E-state index is -1.02. The van der Waals surface area contributed by atoms with Gasteiger partial charge in [-0.05, 0) is 24.0 Å². The summed E-state index contributed by atoms with van der Waals surface area (Å²) in [6.45, 7) is 7.72. The highest BCUT2D eigenvalue weighted by Crippen LogP contribution is 2.22. The lowest BCUT2D eigenvalue weighted by atomic mass is 10.0. The molecule has 0 aliphatic rings. The maximum absolute atomic E-state index is 12.8. The zero-order valence-corrected chi connectivity index (χ0v) is 16.8. The molecule has 1 aromatic carbocycles. The predicted octanol–water partition coefficient (Wildman–Crippen LogP) is 1.78. The maximum Gasteiger partial charge on any atom is 0.243 e. The zero-order chi connectivity index (χ0) is 20.8. The topological polar surface area (TPSA) is 130 Å². The second-order valence-electron chi connectivity index (χ2n) is 7.76. The van der Waals surface area contributed by atoms with Crippen molar-refractivity contribution >= 4 is 28.8 Å². The number of nitrogens with two attached hydrogens (primary N) is 1. The van der Waals surface area contributed by atoms with Gasteiger partial charge >= 0.3 is 0 Å². The number of aromatic nitrogens is 2. The number of para-hydroxylation sites is 2. The number of carbonyl (C=O) groups is 3. The first-order chi connectivity index (χ1) is 13.2. The van der Waals surface area contributed by atoms with Crippen LogP contribution in [0.4, 0.5) is 0 Å². The van der Waals surface area contributed by atoms with Crippen LogP contribution in [0.25, 0.3) is 11.0 Å². The van der Waals surface area contributed by atoms with E-state index in [2.05, 4.69) is 20.6 Å². The predicted molar refractivity (Wildman–Crippen MR) is 107 cm³/mol. The van der Waals surface area contributed by atoms with Crippen LogP contribution in [-0.4, -0.2) is 33.7 Å². The average Bonchev–Trinajstić information content (AvgIpc) is 3.00. The van der Waals surface area contributed by atoms with Crippen LogP contribution in [-0.2, 0) is 14.4 Å². The molecule has 0 saturated heterocycles. The molecule has 0 spiro atoms. The standard InChI is InChI=1S/C20H29N5O3/c1-11(2)9-17(27)22-15(10-16(21)26)20(28)25-18(12(3)4)19-23-13-7-5-6-8-14(13)24-19/h5-8,11-12,15,18H,9-10H2,1-4H3,(H2,21,26)(H,22,27)(H,23,24)(H,25,28). The SMILES string of the molecule is CC(C)CC(=O)NC(CC(N)=O)C(=O)NC(c1nc2ccccc2[nH]1)C(C)C. The van der Waals surface area contributed by atoms with Gasteiger partial charge in [0.1, 0.15) is 11.9 Å². The van der Waals surface area contributed by atoms with Crippen LogP contribution in [0.2, 0.25) is 0 Å². The highest BCUT2D eigenvalue weighted by atomic mass is 16.2. The van der Waals surface area contributed by atoms with E-state index in [4.69, 9.17) is 5.73 Å². The number of rotatable bonds is 9. The van der Waals surface area contributed by atoms with Crippen molar-refractivity contribution in [3.05, 3.63) is 30.1 Å². The van der Waals surface area contributed by atoms with Gasteiger partial charge in [-0.3, -0.25) is 14.4 Å². The van der Waals surface area contributed by atoms with Crippen molar-refractivity contribution < 1.29 is 14.4 Å². The summed E-state index contributed by atoms with van der Waals surface area (Å²) in [5, 5.41) is 5.52. The number of H-pyrrole nitrogens is 1. The summed E-state index contributed by atoms with van der Waals surface area (Å²) in [5.41, 5.74) is 6.95. The van der Waals surface area contributed by atoms with Gasteiger partial charge in [0, 0.05) is 6.42 Å². The molecule has 8 nitrogen and oxygen atoms in total. The number of primary amides is 1. The molecule has 0 saturated carbocycles. The lowest BCUT2D eigenvalue weighted by Crippen LogP contribution is -2.50. The van der Waals surface area contributed by atoms with Crippen molar-refractivity contribution in [3.63, 3.8) is 0 Å². The van der Waals surface area contributed by atoms with E-state index in [1.807, 2.05) is 52.0 Å². The maximum atomic E-state index is 12.8. The quantitative estimate of drug-likeness (QED) is 0.522. The van der Waals surface area contributed by atoms with Crippen molar-refractivity contribution in [3.8, 4) is 0 Å². The van der Waals surface area contributed by atoms with Crippen LogP contribution in [0.15, 0.2) is 24.3 Å². The zero-order valence-electron chi connectivity index (χ0n) is 16.8. The Morgan fingerprint density at radius 2 is 1.75 bits per heavy atom. The molecule has 0 bridgehead atoms. The number of amides is 3. The Kier molecular flexibility index (Phi) is 7.14. The third kappa shape index (κ3) is 5.80. The molecule has 1 heterocycles. The molecule has 0 fully saturated rings. The number of hydrogen-bond donors (Lipinski definition) is 4. The number of fused-ring (bicyclic) bond motifs is 1. The molecule has 2 unspecified atom stereocenters. The fourth-order valence-corrected chi connectivity index (χ4v) is 2.96. The number of nitrogens with zero attached hydrogens (tertiary/aromatic N) is 1. The summed E-state index contributed by atoms with van der Waals surface area (Å²) in [7, 11) is 0. The third-order valence-corrected chi connectivity index (χ3v) is 4.32. The molecule has 1 aromatic heterocycles. The van der Waals surface area contributed by atoms with E-state index in [0.717, 1.165) is 11.0 Å². The minimum Gasteiger partial charge on any atom is -0.370 e. The molecule has 2 aromatic rings. The van der Waals surface area contributed by atoms with E-state index in [1.54, 1.807) is 0 Å². The smallest absolute Gasteiger partial charge is 0.243 e. The Labute approximate surface area is 164 Å². The van der Waals surface area contributed by atoms with Crippen molar-refractivity contribution in [2.24, 2.45) is 17.6 Å². The van der Waals surface area contributed by atoms with Gasteiger partial charge in [0.15, 0.2) is 0 Å². The molecule has 0 aliphatic carbocycles. The van der Waals surface area contributed by atoms with E-state index in [1.165, 1.54) is 0 Å². The monoisotopic (exact) mass is 387 g/mol. The van der Waals surface area contributed by atoms with E-state index >= 15 is 0 Å². The molecule has 152 valence electrons. The van der Waals surface area contributed by atoms with Gasteiger partial charge in [-0.1, -0.05) is 39.8 Å². The molecule has 2 rings (SSSR count). The van der Waals surface area contributed by atoms with Crippen LogP contribution in [0, 0.1) is 11.8 Å². The van der Waals surface area contributed by atoms with Crippen molar-refractivity contribution in [2.75, 3.05) is 0 Å². The van der Waals surface area contributed by atoms with Gasteiger partial charge in [-0.15, -0.1) is 0 Å². The van der Waals surface area contributed by atoms with Crippen LogP contribution in [0.3, 0.4) is 0 Å². The second kappa shape index (κ2) is 9.34. The molecule has 8 heteroatoms. The molecule has 3 amide bonds. The van der Waals surface area contributed by atoms with Gasteiger partial charge < -0.3 is 21.4 Å². The first kappa shape index (κ1) is 21.4. The Morgan fingerprint density at radius 1 is 1.07 bits per heavy atom. The van der Waals surface area contributed by atoms with Crippen LogP contribution in [0.5, 0.6) is 0 Å². The molecule has 0 aliphatic heterocycles. The van der Waals surface area contributed by atoms with E-state index in [0.29, 0.717) is 5.82 Å². The average molecular weight is 387 g/mol. The van der Waals surface area contributed by atoms with Gasteiger partial charge in [-0.25, -0.2) is 4.98 Å². The van der Waals surface area contributed by atoms with Crippen molar-refractivity contribution in [1.82, 2.24) is 20.6 Å².